The lowest BCUT2D eigenvalue weighted by atomic mass is 10.1. The van der Waals surface area contributed by atoms with Gasteiger partial charge in [0.25, 0.3) is 0 Å². The van der Waals surface area contributed by atoms with Crippen molar-refractivity contribution in [1.29, 1.82) is 0 Å². The summed E-state index contributed by atoms with van der Waals surface area (Å²) < 4.78 is 13.7. The molecule has 3 amide bonds. The molecule has 1 saturated heterocycles. The summed E-state index contributed by atoms with van der Waals surface area (Å²) in [4.78, 5) is 31.1. The summed E-state index contributed by atoms with van der Waals surface area (Å²) >= 11 is 1.37. The van der Waals surface area contributed by atoms with Gasteiger partial charge in [-0.05, 0) is 43.4 Å². The van der Waals surface area contributed by atoms with Crippen LogP contribution in [0.4, 0.5) is 14.3 Å². The van der Waals surface area contributed by atoms with Crippen LogP contribution in [0.3, 0.4) is 0 Å². The molecule has 1 aliphatic rings. The number of carbonyl (C=O) groups is 2. The van der Waals surface area contributed by atoms with Crippen LogP contribution in [-0.4, -0.2) is 41.5 Å². The number of amides is 3. The van der Waals surface area contributed by atoms with Crippen LogP contribution in [0, 0.1) is 12.7 Å². The number of benzene rings is 1. The number of likely N-dealkylation sites (tertiary alicyclic amines) is 1. The second kappa shape index (κ2) is 10.3. The molecule has 0 bridgehead atoms. The Labute approximate surface area is 174 Å². The molecule has 0 aliphatic carbocycles. The highest BCUT2D eigenvalue weighted by Crippen LogP contribution is 2.22. The Bertz CT molecular complexity index is 855. The number of thiazole rings is 1. The molecule has 8 heteroatoms. The SMILES string of the molecule is Cc1ccc(Cc2cnc(NC(=O)NCCCN3CCCCCC3=O)s2)cc1F. The van der Waals surface area contributed by atoms with Crippen LogP contribution in [0.5, 0.6) is 0 Å². The van der Waals surface area contributed by atoms with Crippen molar-refractivity contribution in [2.75, 3.05) is 25.0 Å². The number of aryl methyl sites for hydroxylation is 1. The minimum absolute atomic E-state index is 0.216. The van der Waals surface area contributed by atoms with Crippen LogP contribution in [0.2, 0.25) is 0 Å². The number of urea groups is 1. The lowest BCUT2D eigenvalue weighted by Gasteiger charge is -2.20. The summed E-state index contributed by atoms with van der Waals surface area (Å²) in [7, 11) is 0. The van der Waals surface area contributed by atoms with Gasteiger partial charge in [0, 0.05) is 43.5 Å². The van der Waals surface area contributed by atoms with E-state index >= 15 is 0 Å². The van der Waals surface area contributed by atoms with E-state index in [9.17, 15) is 14.0 Å². The minimum atomic E-state index is -0.311. The van der Waals surface area contributed by atoms with Gasteiger partial charge in [-0.15, -0.1) is 11.3 Å². The normalized spacial score (nSPS) is 14.6. The predicted molar refractivity (Wildman–Crippen MR) is 113 cm³/mol. The lowest BCUT2D eigenvalue weighted by molar-refractivity contribution is -0.130. The van der Waals surface area contributed by atoms with Crippen LogP contribution in [0.1, 0.15) is 48.1 Å². The maximum absolute atomic E-state index is 13.7. The fraction of sp³-hybridized carbons (Fsp3) is 0.476. The molecule has 0 atom stereocenters. The molecule has 1 aliphatic heterocycles. The fourth-order valence-electron chi connectivity index (χ4n) is 3.28. The van der Waals surface area contributed by atoms with Crippen LogP contribution in [0.15, 0.2) is 24.4 Å². The summed E-state index contributed by atoms with van der Waals surface area (Å²) in [6, 6.07) is 4.88. The molecule has 2 N–H and O–H groups in total. The van der Waals surface area contributed by atoms with Crippen molar-refractivity contribution < 1.29 is 14.0 Å². The van der Waals surface area contributed by atoms with Crippen molar-refractivity contribution in [3.63, 3.8) is 0 Å². The molecule has 2 aromatic rings. The largest absolute Gasteiger partial charge is 0.343 e. The van der Waals surface area contributed by atoms with Gasteiger partial charge in [-0.25, -0.2) is 14.2 Å². The molecule has 1 aromatic carbocycles. The number of nitrogens with zero attached hydrogens (tertiary/aromatic N) is 2. The number of anilines is 1. The molecule has 6 nitrogen and oxygen atoms in total. The molecule has 0 radical (unpaired) electrons. The van der Waals surface area contributed by atoms with E-state index in [0.29, 0.717) is 36.6 Å². The zero-order chi connectivity index (χ0) is 20.6. The van der Waals surface area contributed by atoms with E-state index in [1.165, 1.54) is 17.4 Å². The summed E-state index contributed by atoms with van der Waals surface area (Å²) in [6.45, 7) is 3.72. The van der Waals surface area contributed by atoms with E-state index in [0.717, 1.165) is 42.7 Å². The van der Waals surface area contributed by atoms with Crippen molar-refractivity contribution in [2.45, 2.75) is 45.4 Å². The van der Waals surface area contributed by atoms with Crippen LogP contribution in [-0.2, 0) is 11.2 Å². The second-order valence-electron chi connectivity index (χ2n) is 7.32. The highest BCUT2D eigenvalue weighted by Gasteiger charge is 2.16. The van der Waals surface area contributed by atoms with Gasteiger partial charge in [0.15, 0.2) is 5.13 Å². The van der Waals surface area contributed by atoms with Gasteiger partial charge in [-0.1, -0.05) is 18.6 Å². The third-order valence-corrected chi connectivity index (χ3v) is 5.86. The monoisotopic (exact) mass is 418 g/mol. The Morgan fingerprint density at radius 3 is 3.00 bits per heavy atom. The average Bonchev–Trinajstić information content (AvgIpc) is 3.01. The second-order valence-corrected chi connectivity index (χ2v) is 8.43. The molecule has 2 heterocycles. The van der Waals surface area contributed by atoms with E-state index < -0.39 is 0 Å². The fourth-order valence-corrected chi connectivity index (χ4v) is 4.12. The van der Waals surface area contributed by atoms with E-state index in [4.69, 9.17) is 0 Å². The average molecular weight is 419 g/mol. The number of aromatic nitrogens is 1. The Morgan fingerprint density at radius 2 is 2.17 bits per heavy atom. The van der Waals surface area contributed by atoms with E-state index in [-0.39, 0.29) is 17.8 Å². The number of halogens is 1. The number of hydrogen-bond acceptors (Lipinski definition) is 4. The minimum Gasteiger partial charge on any atom is -0.343 e. The molecule has 29 heavy (non-hydrogen) atoms. The van der Waals surface area contributed by atoms with Crippen LogP contribution < -0.4 is 10.6 Å². The molecular weight excluding hydrogens is 391 g/mol. The van der Waals surface area contributed by atoms with Gasteiger partial charge in [0.2, 0.25) is 5.91 Å². The first-order valence-corrected chi connectivity index (χ1v) is 10.9. The molecule has 1 fully saturated rings. The molecule has 3 rings (SSSR count). The predicted octanol–water partition coefficient (Wildman–Crippen LogP) is 4.10. The van der Waals surface area contributed by atoms with E-state index in [2.05, 4.69) is 15.6 Å². The van der Waals surface area contributed by atoms with Crippen molar-refractivity contribution in [3.8, 4) is 0 Å². The van der Waals surface area contributed by atoms with Crippen molar-refractivity contribution >= 4 is 28.4 Å². The molecule has 156 valence electrons. The first-order chi connectivity index (χ1) is 14.0. The number of rotatable bonds is 7. The Hall–Kier alpha value is -2.48. The van der Waals surface area contributed by atoms with Crippen molar-refractivity contribution in [2.24, 2.45) is 0 Å². The quantitative estimate of drug-likeness (QED) is 0.665. The zero-order valence-electron chi connectivity index (χ0n) is 16.7. The highest BCUT2D eigenvalue weighted by molar-refractivity contribution is 7.15. The maximum Gasteiger partial charge on any atom is 0.321 e. The standard InChI is InChI=1S/C21H27FN4O2S/c1-15-7-8-16(13-18(15)22)12-17-14-24-21(29-17)25-20(28)23-9-5-11-26-10-4-2-3-6-19(26)27/h7-8,13-14H,2-6,9-12H2,1H3,(H2,23,24,25,28). The number of carbonyl (C=O) groups excluding carboxylic acids is 2. The third-order valence-electron chi connectivity index (χ3n) is 4.95. The van der Waals surface area contributed by atoms with E-state index in [1.54, 1.807) is 19.2 Å². The summed E-state index contributed by atoms with van der Waals surface area (Å²) in [5, 5.41) is 6.04. The van der Waals surface area contributed by atoms with Crippen molar-refractivity contribution in [1.82, 2.24) is 15.2 Å². The van der Waals surface area contributed by atoms with Gasteiger partial charge in [-0.2, -0.15) is 0 Å². The Morgan fingerprint density at radius 1 is 1.31 bits per heavy atom. The van der Waals surface area contributed by atoms with Gasteiger partial charge < -0.3 is 10.2 Å². The maximum atomic E-state index is 13.7. The Kier molecular flexibility index (Phi) is 7.57. The van der Waals surface area contributed by atoms with Gasteiger partial charge in [0.05, 0.1) is 0 Å². The third kappa shape index (κ3) is 6.52. The number of nitrogens with one attached hydrogen (secondary N) is 2. The van der Waals surface area contributed by atoms with Gasteiger partial charge >= 0.3 is 6.03 Å². The van der Waals surface area contributed by atoms with E-state index in [1.807, 2.05) is 11.0 Å². The summed E-state index contributed by atoms with van der Waals surface area (Å²) in [6.07, 6.45) is 6.77. The van der Waals surface area contributed by atoms with Crippen molar-refractivity contribution in [3.05, 3.63) is 46.2 Å². The smallest absolute Gasteiger partial charge is 0.321 e. The van der Waals surface area contributed by atoms with Gasteiger partial charge in [-0.3, -0.25) is 10.1 Å². The summed E-state index contributed by atoms with van der Waals surface area (Å²) in [5.74, 6) is 0.00217. The molecule has 0 unspecified atom stereocenters. The molecular formula is C21H27FN4O2S. The lowest BCUT2D eigenvalue weighted by Crippen LogP contribution is -2.35. The van der Waals surface area contributed by atoms with Crippen LogP contribution >= 0.6 is 11.3 Å². The molecule has 1 aromatic heterocycles. The molecule has 0 spiro atoms. The summed E-state index contributed by atoms with van der Waals surface area (Å²) in [5.41, 5.74) is 1.49. The first kappa shape index (κ1) is 21.2. The highest BCUT2D eigenvalue weighted by atomic mass is 32.1. The topological polar surface area (TPSA) is 74.3 Å². The number of hydrogen-bond donors (Lipinski definition) is 2. The Balaban J connectivity index is 1.39. The first-order valence-electron chi connectivity index (χ1n) is 10.0. The zero-order valence-corrected chi connectivity index (χ0v) is 17.5. The van der Waals surface area contributed by atoms with Gasteiger partial charge in [0.1, 0.15) is 5.82 Å². The van der Waals surface area contributed by atoms with Crippen LogP contribution in [0.25, 0.3) is 0 Å². The molecule has 0 saturated carbocycles.